The van der Waals surface area contributed by atoms with Gasteiger partial charge in [-0.15, -0.1) is 0 Å². The highest BCUT2D eigenvalue weighted by atomic mass is 35.5. The summed E-state index contributed by atoms with van der Waals surface area (Å²) in [5.74, 6) is 0. The van der Waals surface area contributed by atoms with Gasteiger partial charge in [-0.25, -0.2) is 0 Å². The van der Waals surface area contributed by atoms with Crippen LogP contribution in [0.25, 0.3) is 0 Å². The van der Waals surface area contributed by atoms with Crippen LogP contribution in [0.3, 0.4) is 0 Å². The molecule has 0 rings (SSSR count). The minimum Gasteiger partial charge on any atom is -0.281 e. The normalized spacial score (nSPS) is 9.74. The summed E-state index contributed by atoms with van der Waals surface area (Å²) < 4.78 is 0. The molecule has 0 N–H and O–H groups in total. The van der Waals surface area contributed by atoms with E-state index in [0.29, 0.717) is 25.7 Å². The molecule has 0 spiro atoms. The van der Waals surface area contributed by atoms with Crippen LogP contribution >= 0.6 is 46.4 Å². The molecule has 23 heavy (non-hydrogen) atoms. The van der Waals surface area contributed by atoms with E-state index in [2.05, 4.69) is 0 Å². The van der Waals surface area contributed by atoms with Crippen LogP contribution in [0.2, 0.25) is 0 Å². The molecule has 0 fully saturated rings. The number of halogens is 4. The number of hydrogen-bond donors (Lipinski definition) is 0. The van der Waals surface area contributed by atoms with E-state index in [-0.39, 0.29) is 21.0 Å². The summed E-state index contributed by atoms with van der Waals surface area (Å²) >= 11 is 20.4. The molecular formula is C15H22Cl4O4. The van der Waals surface area contributed by atoms with Crippen LogP contribution in [0.5, 0.6) is 0 Å². The molecule has 134 valence electrons. The highest BCUT2D eigenvalue weighted by Gasteiger charge is 1.99. The van der Waals surface area contributed by atoms with Gasteiger partial charge in [0, 0.05) is 25.7 Å². The first kappa shape index (κ1) is 25.1. The minimum absolute atomic E-state index is 0.289. The third kappa shape index (κ3) is 30.3. The van der Waals surface area contributed by atoms with Crippen LogP contribution in [0.1, 0.15) is 70.6 Å². The van der Waals surface area contributed by atoms with Gasteiger partial charge in [0.15, 0.2) is 0 Å². The first-order valence-corrected chi connectivity index (χ1v) is 9.00. The quantitative estimate of drug-likeness (QED) is 0.305. The molecule has 0 heterocycles. The van der Waals surface area contributed by atoms with Crippen molar-refractivity contribution in [3.8, 4) is 0 Å². The number of carbonyl (C=O) groups is 4. The Morgan fingerprint density at radius 3 is 0.739 bits per heavy atom. The zero-order valence-electron chi connectivity index (χ0n) is 12.9. The standard InChI is InChI=1S/C8H12Cl2O2.C7H10Cl2O2/c9-7(11)5-3-1-2-4-6-8(10)12;8-6(10)4-2-1-3-5-7(9)11/h1-6H2;1-5H2. The van der Waals surface area contributed by atoms with Crippen LogP contribution in [0.15, 0.2) is 0 Å². The van der Waals surface area contributed by atoms with Crippen molar-refractivity contribution in [2.24, 2.45) is 0 Å². The highest BCUT2D eigenvalue weighted by Crippen LogP contribution is 2.08. The zero-order valence-corrected chi connectivity index (χ0v) is 15.9. The van der Waals surface area contributed by atoms with Gasteiger partial charge in [0.1, 0.15) is 0 Å². The Kier molecular flexibility index (Phi) is 19.8. The molecule has 0 aliphatic heterocycles. The number of carbonyl (C=O) groups excluding carboxylic acids is 4. The molecule has 4 nitrogen and oxygen atoms in total. The van der Waals surface area contributed by atoms with Gasteiger partial charge in [-0.1, -0.05) is 19.3 Å². The highest BCUT2D eigenvalue weighted by molar-refractivity contribution is 6.64. The summed E-state index contributed by atoms with van der Waals surface area (Å²) in [7, 11) is 0. The number of rotatable bonds is 13. The molecule has 0 bridgehead atoms. The lowest BCUT2D eigenvalue weighted by Gasteiger charge is -1.96. The fourth-order valence-electron chi connectivity index (χ4n) is 1.59. The Morgan fingerprint density at radius 2 is 0.565 bits per heavy atom. The maximum Gasteiger partial charge on any atom is 0.221 e. The van der Waals surface area contributed by atoms with Gasteiger partial charge in [-0.2, -0.15) is 0 Å². The van der Waals surface area contributed by atoms with Crippen LogP contribution in [0.4, 0.5) is 0 Å². The van der Waals surface area contributed by atoms with Crippen LogP contribution in [-0.4, -0.2) is 21.0 Å². The van der Waals surface area contributed by atoms with Gasteiger partial charge in [-0.05, 0) is 72.1 Å². The average Bonchev–Trinajstić information content (AvgIpc) is 2.41. The van der Waals surface area contributed by atoms with Gasteiger partial charge in [0.05, 0.1) is 0 Å². The Labute approximate surface area is 157 Å². The first-order valence-electron chi connectivity index (χ1n) is 7.49. The summed E-state index contributed by atoms with van der Waals surface area (Å²) in [6, 6.07) is 0. The molecule has 0 radical (unpaired) electrons. The Balaban J connectivity index is 0. The predicted octanol–water partition coefficient (Wildman–Crippen LogP) is 5.33. The second-order valence-corrected chi connectivity index (χ2v) is 6.58. The number of unbranched alkanes of at least 4 members (excludes halogenated alkanes) is 5. The van der Waals surface area contributed by atoms with E-state index in [0.717, 1.165) is 44.9 Å². The molecule has 0 amide bonds. The number of hydrogen-bond acceptors (Lipinski definition) is 4. The average molecular weight is 408 g/mol. The summed E-state index contributed by atoms with van der Waals surface area (Å²) in [4.78, 5) is 41.0. The summed E-state index contributed by atoms with van der Waals surface area (Å²) in [6.07, 6.45) is 7.42. The molecule has 0 aliphatic carbocycles. The Hall–Kier alpha value is -0.160. The van der Waals surface area contributed by atoms with Crippen molar-refractivity contribution in [2.75, 3.05) is 0 Å². The molecule has 0 aromatic carbocycles. The molecule has 0 unspecified atom stereocenters. The summed E-state index contributed by atoms with van der Waals surface area (Å²) in [5, 5.41) is -1.21. The van der Waals surface area contributed by atoms with E-state index in [1.54, 1.807) is 0 Å². The van der Waals surface area contributed by atoms with Crippen molar-refractivity contribution >= 4 is 67.4 Å². The fourth-order valence-corrected chi connectivity index (χ4v) is 2.12. The maximum atomic E-state index is 10.3. The fraction of sp³-hybridized carbons (Fsp3) is 0.733. The van der Waals surface area contributed by atoms with E-state index >= 15 is 0 Å². The van der Waals surface area contributed by atoms with Gasteiger partial charge in [0.2, 0.25) is 21.0 Å². The predicted molar refractivity (Wildman–Crippen MR) is 94.2 cm³/mol. The summed E-state index contributed by atoms with van der Waals surface area (Å²) in [6.45, 7) is 0. The van der Waals surface area contributed by atoms with Gasteiger partial charge in [-0.3, -0.25) is 19.2 Å². The van der Waals surface area contributed by atoms with Crippen LogP contribution in [0, 0.1) is 0 Å². The van der Waals surface area contributed by atoms with Crippen molar-refractivity contribution in [1.82, 2.24) is 0 Å². The Bertz CT molecular complexity index is 338. The molecular weight excluding hydrogens is 386 g/mol. The Morgan fingerprint density at radius 1 is 0.391 bits per heavy atom. The monoisotopic (exact) mass is 406 g/mol. The van der Waals surface area contributed by atoms with Crippen molar-refractivity contribution in [3.63, 3.8) is 0 Å². The molecule has 0 aromatic heterocycles. The molecule has 0 atom stereocenters. The van der Waals surface area contributed by atoms with Crippen LogP contribution in [-0.2, 0) is 19.2 Å². The second kappa shape index (κ2) is 18.2. The van der Waals surface area contributed by atoms with Crippen molar-refractivity contribution in [1.29, 1.82) is 0 Å². The van der Waals surface area contributed by atoms with Gasteiger partial charge >= 0.3 is 0 Å². The molecule has 0 saturated heterocycles. The SMILES string of the molecule is O=C(Cl)CCCCCC(=O)Cl.O=C(Cl)CCCCCCC(=O)Cl. The van der Waals surface area contributed by atoms with Gasteiger partial charge in [0.25, 0.3) is 0 Å². The van der Waals surface area contributed by atoms with E-state index < -0.39 is 0 Å². The van der Waals surface area contributed by atoms with Crippen molar-refractivity contribution in [3.05, 3.63) is 0 Å². The second-order valence-electron chi connectivity index (χ2n) is 4.90. The molecule has 0 aliphatic rings. The lowest BCUT2D eigenvalue weighted by molar-refractivity contribution is -0.112. The third-order valence-corrected chi connectivity index (χ3v) is 3.50. The lowest BCUT2D eigenvalue weighted by atomic mass is 10.1. The van der Waals surface area contributed by atoms with Crippen molar-refractivity contribution in [2.45, 2.75) is 70.6 Å². The third-order valence-electron chi connectivity index (χ3n) is 2.74. The molecule has 8 heteroatoms. The summed E-state index contributed by atoms with van der Waals surface area (Å²) in [5.41, 5.74) is 0. The smallest absolute Gasteiger partial charge is 0.221 e. The molecule has 0 aromatic rings. The van der Waals surface area contributed by atoms with Crippen molar-refractivity contribution < 1.29 is 19.2 Å². The maximum absolute atomic E-state index is 10.3. The zero-order chi connectivity index (χ0) is 18.1. The van der Waals surface area contributed by atoms with E-state index in [1.807, 2.05) is 0 Å². The van der Waals surface area contributed by atoms with Gasteiger partial charge < -0.3 is 0 Å². The lowest BCUT2D eigenvalue weighted by Crippen LogP contribution is -1.89. The first-order chi connectivity index (χ1) is 10.8. The minimum atomic E-state index is -0.317. The van der Waals surface area contributed by atoms with E-state index in [9.17, 15) is 19.2 Å². The largest absolute Gasteiger partial charge is 0.281 e. The molecule has 0 saturated carbocycles. The van der Waals surface area contributed by atoms with E-state index in [4.69, 9.17) is 46.4 Å². The van der Waals surface area contributed by atoms with E-state index in [1.165, 1.54) is 0 Å². The van der Waals surface area contributed by atoms with Crippen LogP contribution < -0.4 is 0 Å². The topological polar surface area (TPSA) is 68.3 Å².